The summed E-state index contributed by atoms with van der Waals surface area (Å²) in [5.41, 5.74) is 4.44. The lowest BCUT2D eigenvalue weighted by Gasteiger charge is -2.36. The third-order valence-electron chi connectivity index (χ3n) is 7.53. The summed E-state index contributed by atoms with van der Waals surface area (Å²) in [6.45, 7) is 0.662. The highest BCUT2D eigenvalue weighted by atomic mass is 16.5. The van der Waals surface area contributed by atoms with Gasteiger partial charge >= 0.3 is 12.1 Å². The Morgan fingerprint density at radius 2 is 1.70 bits per heavy atom. The molecule has 3 aliphatic rings. The maximum absolute atomic E-state index is 12.5. The van der Waals surface area contributed by atoms with Gasteiger partial charge in [0, 0.05) is 17.9 Å². The van der Waals surface area contributed by atoms with E-state index in [1.807, 2.05) is 24.3 Å². The Kier molecular flexibility index (Phi) is 4.76. The Labute approximate surface area is 176 Å². The molecule has 5 nitrogen and oxygen atoms in total. The van der Waals surface area contributed by atoms with Crippen molar-refractivity contribution in [2.24, 2.45) is 17.3 Å². The lowest BCUT2D eigenvalue weighted by molar-refractivity contribution is -0.140. The van der Waals surface area contributed by atoms with E-state index in [2.05, 4.69) is 29.6 Å². The number of hydrogen-bond donors (Lipinski definition) is 2. The second-order valence-corrected chi connectivity index (χ2v) is 9.19. The average molecular weight is 405 g/mol. The topological polar surface area (TPSA) is 75.6 Å². The van der Waals surface area contributed by atoms with E-state index in [0.717, 1.165) is 19.3 Å². The van der Waals surface area contributed by atoms with Crippen LogP contribution in [0.15, 0.2) is 48.5 Å². The van der Waals surface area contributed by atoms with Gasteiger partial charge in [-0.15, -0.1) is 0 Å². The minimum atomic E-state index is -0.781. The average Bonchev–Trinajstić information content (AvgIpc) is 3.42. The van der Waals surface area contributed by atoms with Crippen molar-refractivity contribution >= 4 is 12.1 Å². The van der Waals surface area contributed by atoms with E-state index in [9.17, 15) is 14.7 Å². The van der Waals surface area contributed by atoms with Crippen LogP contribution in [0.1, 0.15) is 49.1 Å². The zero-order valence-electron chi connectivity index (χ0n) is 17.0. The van der Waals surface area contributed by atoms with E-state index in [0.29, 0.717) is 18.4 Å². The molecule has 1 amide bonds. The first-order valence-electron chi connectivity index (χ1n) is 10.9. The smallest absolute Gasteiger partial charge is 0.407 e. The summed E-state index contributed by atoms with van der Waals surface area (Å²) in [4.78, 5) is 24.0. The summed E-state index contributed by atoms with van der Waals surface area (Å²) in [6, 6.07) is 16.5. The van der Waals surface area contributed by atoms with Crippen LogP contribution in [0.5, 0.6) is 0 Å². The third kappa shape index (κ3) is 3.26. The maximum atomic E-state index is 12.5. The monoisotopic (exact) mass is 405 g/mol. The molecule has 0 saturated heterocycles. The second-order valence-electron chi connectivity index (χ2n) is 9.19. The van der Waals surface area contributed by atoms with Crippen LogP contribution in [-0.4, -0.2) is 30.3 Å². The molecule has 0 heterocycles. The molecule has 2 aromatic rings. The summed E-state index contributed by atoms with van der Waals surface area (Å²) in [5.74, 6) is 0.252. The first-order valence-corrected chi connectivity index (χ1v) is 10.9. The highest BCUT2D eigenvalue weighted by Gasteiger charge is 2.51. The van der Waals surface area contributed by atoms with Crippen molar-refractivity contribution in [2.75, 3.05) is 13.2 Å². The lowest BCUT2D eigenvalue weighted by Crippen LogP contribution is -2.42. The molecule has 3 unspecified atom stereocenters. The van der Waals surface area contributed by atoms with Crippen LogP contribution in [0.2, 0.25) is 0 Å². The van der Waals surface area contributed by atoms with E-state index in [4.69, 9.17) is 4.74 Å². The van der Waals surface area contributed by atoms with Crippen molar-refractivity contribution in [3.8, 4) is 11.1 Å². The van der Waals surface area contributed by atoms with Crippen LogP contribution >= 0.6 is 0 Å². The maximum Gasteiger partial charge on any atom is 0.407 e. The SMILES string of the molecule is O=C(O)CC1(CNC(=O)OCC2c3ccccc3-c3ccccc32)CC2CCC1C2. The van der Waals surface area contributed by atoms with Gasteiger partial charge in [-0.2, -0.15) is 0 Å². The number of nitrogens with one attached hydrogen (secondary N) is 1. The van der Waals surface area contributed by atoms with Crippen LogP contribution in [0, 0.1) is 17.3 Å². The lowest BCUT2D eigenvalue weighted by atomic mass is 9.70. The molecule has 0 spiro atoms. The zero-order valence-corrected chi connectivity index (χ0v) is 17.0. The number of rotatable bonds is 6. The first kappa shape index (κ1) is 19.2. The van der Waals surface area contributed by atoms with Gasteiger partial charge < -0.3 is 15.2 Å². The van der Waals surface area contributed by atoms with Gasteiger partial charge in [-0.05, 0) is 53.4 Å². The molecule has 5 rings (SSSR count). The minimum Gasteiger partial charge on any atom is -0.481 e. The number of alkyl carbamates (subject to hydrolysis) is 1. The Bertz CT molecular complexity index is 941. The first-order chi connectivity index (χ1) is 14.6. The number of carbonyl (C=O) groups excluding carboxylic acids is 1. The molecule has 2 fully saturated rings. The van der Waals surface area contributed by atoms with Crippen molar-refractivity contribution in [2.45, 2.75) is 38.0 Å². The third-order valence-corrected chi connectivity index (χ3v) is 7.53. The van der Waals surface area contributed by atoms with E-state index in [-0.39, 0.29) is 24.4 Å². The molecule has 2 aromatic carbocycles. The molecule has 156 valence electrons. The molecule has 30 heavy (non-hydrogen) atoms. The molecule has 0 aliphatic heterocycles. The van der Waals surface area contributed by atoms with Gasteiger partial charge in [0.1, 0.15) is 6.61 Å². The predicted molar refractivity (Wildman–Crippen MR) is 113 cm³/mol. The van der Waals surface area contributed by atoms with Gasteiger partial charge in [0.15, 0.2) is 0 Å². The molecular weight excluding hydrogens is 378 g/mol. The number of ether oxygens (including phenoxy) is 1. The highest BCUT2D eigenvalue weighted by molar-refractivity contribution is 5.79. The van der Waals surface area contributed by atoms with Crippen LogP contribution in [-0.2, 0) is 9.53 Å². The quantitative estimate of drug-likeness (QED) is 0.723. The molecule has 2 saturated carbocycles. The summed E-state index contributed by atoms with van der Waals surface area (Å²) in [5, 5.41) is 12.3. The Morgan fingerprint density at radius 3 is 2.27 bits per heavy atom. The largest absolute Gasteiger partial charge is 0.481 e. The molecule has 5 heteroatoms. The van der Waals surface area contributed by atoms with E-state index >= 15 is 0 Å². The number of carboxylic acids is 1. The fourth-order valence-electron chi connectivity index (χ4n) is 6.25. The molecule has 2 N–H and O–H groups in total. The summed E-state index contributed by atoms with van der Waals surface area (Å²) in [6.07, 6.45) is 3.93. The number of carbonyl (C=O) groups is 2. The van der Waals surface area contributed by atoms with E-state index in [1.54, 1.807) is 0 Å². The van der Waals surface area contributed by atoms with Gasteiger partial charge in [0.2, 0.25) is 0 Å². The van der Waals surface area contributed by atoms with Gasteiger partial charge in [0.25, 0.3) is 0 Å². The molecule has 0 radical (unpaired) electrons. The number of hydrogen-bond acceptors (Lipinski definition) is 3. The number of amides is 1. The van der Waals surface area contributed by atoms with Crippen LogP contribution in [0.25, 0.3) is 11.1 Å². The fourth-order valence-corrected chi connectivity index (χ4v) is 6.25. The van der Waals surface area contributed by atoms with Crippen molar-refractivity contribution in [3.05, 3.63) is 59.7 Å². The number of aliphatic carboxylic acids is 1. The molecule has 3 aliphatic carbocycles. The summed E-state index contributed by atoms with van der Waals surface area (Å²) >= 11 is 0. The van der Waals surface area contributed by atoms with Crippen molar-refractivity contribution in [3.63, 3.8) is 0 Å². The molecule has 2 bridgehead atoms. The fraction of sp³-hybridized carbons (Fsp3) is 0.440. The van der Waals surface area contributed by atoms with Gasteiger partial charge in [-0.3, -0.25) is 4.79 Å². The Balaban J connectivity index is 1.24. The van der Waals surface area contributed by atoms with Gasteiger partial charge in [0.05, 0.1) is 6.42 Å². The van der Waals surface area contributed by atoms with Crippen molar-refractivity contribution in [1.82, 2.24) is 5.32 Å². The van der Waals surface area contributed by atoms with Crippen molar-refractivity contribution in [1.29, 1.82) is 0 Å². The summed E-state index contributed by atoms with van der Waals surface area (Å²) < 4.78 is 5.63. The molecular formula is C25H27NO4. The zero-order chi connectivity index (χ0) is 20.7. The Morgan fingerprint density at radius 1 is 1.03 bits per heavy atom. The Hall–Kier alpha value is -2.82. The van der Waals surface area contributed by atoms with Crippen LogP contribution < -0.4 is 5.32 Å². The van der Waals surface area contributed by atoms with Crippen LogP contribution in [0.4, 0.5) is 4.79 Å². The van der Waals surface area contributed by atoms with Crippen molar-refractivity contribution < 1.29 is 19.4 Å². The van der Waals surface area contributed by atoms with Gasteiger partial charge in [-0.1, -0.05) is 55.0 Å². The van der Waals surface area contributed by atoms with Gasteiger partial charge in [-0.25, -0.2) is 4.79 Å². The number of benzene rings is 2. The summed E-state index contributed by atoms with van der Waals surface area (Å²) in [7, 11) is 0. The molecule has 3 atom stereocenters. The van der Waals surface area contributed by atoms with E-state index in [1.165, 1.54) is 28.7 Å². The second kappa shape index (κ2) is 7.46. The van der Waals surface area contributed by atoms with E-state index < -0.39 is 12.1 Å². The standard InChI is InChI=1S/C25H27NO4/c27-23(28)13-25(12-16-9-10-17(25)11-16)15-26-24(29)30-14-22-20-7-3-1-5-18(20)19-6-2-4-8-21(19)22/h1-8,16-17,22H,9-15H2,(H,26,29)(H,27,28). The number of fused-ring (bicyclic) bond motifs is 5. The highest BCUT2D eigenvalue weighted by Crippen LogP contribution is 2.57. The normalized spacial score (nSPS) is 26.3. The minimum absolute atomic E-state index is 0.0265. The van der Waals surface area contributed by atoms with Crippen LogP contribution in [0.3, 0.4) is 0 Å². The number of carboxylic acid groups (broad SMARTS) is 1. The molecule has 0 aromatic heterocycles. The predicted octanol–water partition coefficient (Wildman–Crippen LogP) is 4.81.